The van der Waals surface area contributed by atoms with Crippen LogP contribution in [0.15, 0.2) is 23.1 Å². The van der Waals surface area contributed by atoms with Gasteiger partial charge in [0, 0.05) is 14.1 Å². The molecule has 0 saturated heterocycles. The van der Waals surface area contributed by atoms with E-state index in [-0.39, 0.29) is 16.3 Å². The third-order valence-electron chi connectivity index (χ3n) is 1.76. The average molecular weight is 216 g/mol. The fourth-order valence-electron chi connectivity index (χ4n) is 1.01. The lowest BCUT2D eigenvalue weighted by Gasteiger charge is -2.14. The highest BCUT2D eigenvalue weighted by Crippen LogP contribution is 2.29. The molecule has 1 aromatic carbocycles. The van der Waals surface area contributed by atoms with Crippen molar-refractivity contribution in [3.8, 4) is 5.75 Å². The molecule has 0 amide bonds. The Labute approximate surface area is 82.8 Å². The fraction of sp³-hybridized carbons (Fsp3) is 0.250. The summed E-state index contributed by atoms with van der Waals surface area (Å²) in [6, 6.07) is 4.20. The van der Waals surface area contributed by atoms with E-state index in [1.165, 1.54) is 32.3 Å². The summed E-state index contributed by atoms with van der Waals surface area (Å²) in [5, 5.41) is 9.39. The van der Waals surface area contributed by atoms with Gasteiger partial charge in [0.1, 0.15) is 10.6 Å². The fourth-order valence-corrected chi connectivity index (χ4v) is 2.07. The van der Waals surface area contributed by atoms with Gasteiger partial charge >= 0.3 is 0 Å². The first kappa shape index (κ1) is 10.8. The third-order valence-corrected chi connectivity index (χ3v) is 3.69. The van der Waals surface area contributed by atoms with Gasteiger partial charge in [-0.2, -0.15) is 0 Å². The quantitative estimate of drug-likeness (QED) is 0.693. The van der Waals surface area contributed by atoms with Gasteiger partial charge in [-0.25, -0.2) is 12.7 Å². The molecule has 1 rings (SSSR count). The monoisotopic (exact) mass is 216 g/mol. The maximum atomic E-state index is 11.7. The second-order valence-corrected chi connectivity index (χ2v) is 5.07. The number of hydrogen-bond donors (Lipinski definition) is 2. The van der Waals surface area contributed by atoms with Crippen LogP contribution in [0.2, 0.25) is 0 Å². The van der Waals surface area contributed by atoms with Crippen molar-refractivity contribution in [1.82, 2.24) is 4.31 Å². The number of phenolic OH excluding ortho intramolecular Hbond substituents is 1. The summed E-state index contributed by atoms with van der Waals surface area (Å²) < 4.78 is 24.3. The lowest BCUT2D eigenvalue weighted by atomic mass is 10.3. The average Bonchev–Trinajstić information content (AvgIpc) is 2.02. The molecule has 0 saturated carbocycles. The Kier molecular flexibility index (Phi) is 2.68. The molecule has 0 heterocycles. The highest BCUT2D eigenvalue weighted by atomic mass is 32.2. The SMILES string of the molecule is CN(C)S(=O)(=O)c1c(N)cccc1O. The minimum Gasteiger partial charge on any atom is -0.506 e. The second-order valence-electron chi connectivity index (χ2n) is 2.98. The predicted molar refractivity (Wildman–Crippen MR) is 53.4 cm³/mol. The number of nitrogens with zero attached hydrogens (tertiary/aromatic N) is 1. The summed E-state index contributed by atoms with van der Waals surface area (Å²) in [5.41, 5.74) is 5.52. The highest BCUT2D eigenvalue weighted by molar-refractivity contribution is 7.89. The van der Waals surface area contributed by atoms with Gasteiger partial charge in [-0.3, -0.25) is 0 Å². The first-order valence-corrected chi connectivity index (χ1v) is 5.31. The van der Waals surface area contributed by atoms with Crippen LogP contribution >= 0.6 is 0 Å². The molecule has 78 valence electrons. The number of nitrogen functional groups attached to an aromatic ring is 1. The van der Waals surface area contributed by atoms with Gasteiger partial charge in [0.15, 0.2) is 0 Å². The number of nitrogens with two attached hydrogens (primary N) is 1. The summed E-state index contributed by atoms with van der Waals surface area (Å²) >= 11 is 0. The molecule has 0 fully saturated rings. The van der Waals surface area contributed by atoms with E-state index >= 15 is 0 Å². The molecule has 0 spiro atoms. The van der Waals surface area contributed by atoms with E-state index in [2.05, 4.69) is 0 Å². The number of aromatic hydroxyl groups is 1. The minimum absolute atomic E-state index is 0.0405. The van der Waals surface area contributed by atoms with E-state index in [9.17, 15) is 13.5 Å². The minimum atomic E-state index is -3.68. The molecule has 5 nitrogen and oxygen atoms in total. The maximum Gasteiger partial charge on any atom is 0.248 e. The Morgan fingerprint density at radius 3 is 2.36 bits per heavy atom. The zero-order chi connectivity index (χ0) is 10.9. The summed E-state index contributed by atoms with van der Waals surface area (Å²) in [5.74, 6) is -0.335. The van der Waals surface area contributed by atoms with Crippen LogP contribution in [0.25, 0.3) is 0 Å². The topological polar surface area (TPSA) is 83.6 Å². The van der Waals surface area contributed by atoms with Crippen LogP contribution in [0.5, 0.6) is 5.75 Å². The number of sulfonamides is 1. The maximum absolute atomic E-state index is 11.7. The van der Waals surface area contributed by atoms with Crippen LogP contribution in [-0.2, 0) is 10.0 Å². The number of phenols is 1. The van der Waals surface area contributed by atoms with Crippen LogP contribution in [0.3, 0.4) is 0 Å². The van der Waals surface area contributed by atoms with Crippen LogP contribution < -0.4 is 5.73 Å². The molecule has 3 N–H and O–H groups in total. The number of rotatable bonds is 2. The third kappa shape index (κ3) is 1.66. The Morgan fingerprint density at radius 1 is 1.36 bits per heavy atom. The molecular weight excluding hydrogens is 204 g/mol. The molecule has 0 aliphatic rings. The molecular formula is C8H12N2O3S. The molecule has 0 bridgehead atoms. The lowest BCUT2D eigenvalue weighted by molar-refractivity contribution is 0.453. The predicted octanol–water partition coefficient (Wildman–Crippen LogP) is 0.225. The zero-order valence-electron chi connectivity index (χ0n) is 7.93. The van der Waals surface area contributed by atoms with Crippen molar-refractivity contribution in [2.75, 3.05) is 19.8 Å². The second kappa shape index (κ2) is 3.47. The van der Waals surface area contributed by atoms with Gasteiger partial charge in [0.05, 0.1) is 5.69 Å². The van der Waals surface area contributed by atoms with E-state index < -0.39 is 10.0 Å². The first-order valence-electron chi connectivity index (χ1n) is 3.87. The molecule has 0 aromatic heterocycles. The smallest absolute Gasteiger partial charge is 0.248 e. The Morgan fingerprint density at radius 2 is 1.93 bits per heavy atom. The van der Waals surface area contributed by atoms with Crippen LogP contribution in [0.1, 0.15) is 0 Å². The van der Waals surface area contributed by atoms with Crippen molar-refractivity contribution in [3.63, 3.8) is 0 Å². The number of hydrogen-bond acceptors (Lipinski definition) is 4. The van der Waals surface area contributed by atoms with Crippen molar-refractivity contribution >= 4 is 15.7 Å². The Balaban J connectivity index is 3.48. The zero-order valence-corrected chi connectivity index (χ0v) is 8.75. The van der Waals surface area contributed by atoms with Gasteiger partial charge in [0.25, 0.3) is 0 Å². The van der Waals surface area contributed by atoms with Gasteiger partial charge in [-0.1, -0.05) is 6.07 Å². The van der Waals surface area contributed by atoms with Gasteiger partial charge in [-0.05, 0) is 12.1 Å². The summed E-state index contributed by atoms with van der Waals surface area (Å²) in [7, 11) is -0.927. The normalized spacial score (nSPS) is 11.9. The Hall–Kier alpha value is -1.27. The van der Waals surface area contributed by atoms with Gasteiger partial charge in [0.2, 0.25) is 10.0 Å². The lowest BCUT2D eigenvalue weighted by Crippen LogP contribution is -2.23. The summed E-state index contributed by atoms with van der Waals surface area (Å²) in [6.07, 6.45) is 0. The molecule has 1 aromatic rings. The molecule has 0 aliphatic heterocycles. The molecule has 0 radical (unpaired) electrons. The Bertz CT molecular complexity index is 420. The van der Waals surface area contributed by atoms with Crippen molar-refractivity contribution in [2.24, 2.45) is 0 Å². The highest BCUT2D eigenvalue weighted by Gasteiger charge is 2.23. The molecule has 14 heavy (non-hydrogen) atoms. The summed E-state index contributed by atoms with van der Waals surface area (Å²) in [6.45, 7) is 0. The van der Waals surface area contributed by atoms with E-state index in [1.807, 2.05) is 0 Å². The van der Waals surface area contributed by atoms with E-state index in [0.29, 0.717) is 0 Å². The summed E-state index contributed by atoms with van der Waals surface area (Å²) in [4.78, 5) is -0.245. The van der Waals surface area contributed by atoms with Crippen LogP contribution in [0.4, 0.5) is 5.69 Å². The van der Waals surface area contributed by atoms with Crippen molar-refractivity contribution in [1.29, 1.82) is 0 Å². The number of benzene rings is 1. The van der Waals surface area contributed by atoms with Gasteiger partial charge in [-0.15, -0.1) is 0 Å². The van der Waals surface area contributed by atoms with Crippen LogP contribution in [-0.4, -0.2) is 31.9 Å². The standard InChI is InChI=1S/C8H12N2O3S/c1-10(2)14(12,13)8-6(9)4-3-5-7(8)11/h3-5,11H,9H2,1-2H3. The largest absolute Gasteiger partial charge is 0.506 e. The molecule has 0 aliphatic carbocycles. The molecule has 0 unspecified atom stereocenters. The van der Waals surface area contributed by atoms with E-state index in [4.69, 9.17) is 5.73 Å². The van der Waals surface area contributed by atoms with E-state index in [0.717, 1.165) is 4.31 Å². The van der Waals surface area contributed by atoms with Crippen LogP contribution in [0, 0.1) is 0 Å². The van der Waals surface area contributed by atoms with Crippen molar-refractivity contribution in [2.45, 2.75) is 4.90 Å². The molecule has 0 atom stereocenters. The molecule has 6 heteroatoms. The number of anilines is 1. The van der Waals surface area contributed by atoms with E-state index in [1.54, 1.807) is 0 Å². The van der Waals surface area contributed by atoms with Gasteiger partial charge < -0.3 is 10.8 Å². The first-order chi connectivity index (χ1) is 6.37. The van der Waals surface area contributed by atoms with Crippen molar-refractivity contribution < 1.29 is 13.5 Å². The van der Waals surface area contributed by atoms with Crippen molar-refractivity contribution in [3.05, 3.63) is 18.2 Å².